The van der Waals surface area contributed by atoms with E-state index in [0.29, 0.717) is 17.9 Å². The van der Waals surface area contributed by atoms with Crippen molar-refractivity contribution in [2.24, 2.45) is 0 Å². The third kappa shape index (κ3) is 2.84. The Hall–Kier alpha value is -1.95. The van der Waals surface area contributed by atoms with E-state index in [1.54, 1.807) is 30.1 Å². The summed E-state index contributed by atoms with van der Waals surface area (Å²) in [6, 6.07) is 7.46. The van der Waals surface area contributed by atoms with Crippen molar-refractivity contribution in [3.05, 3.63) is 41.6 Å². The summed E-state index contributed by atoms with van der Waals surface area (Å²) in [7, 11) is 0. The van der Waals surface area contributed by atoms with Crippen LogP contribution in [0.25, 0.3) is 0 Å². The van der Waals surface area contributed by atoms with Gasteiger partial charge < -0.3 is 11.1 Å². The van der Waals surface area contributed by atoms with Gasteiger partial charge in [-0.15, -0.1) is 11.8 Å². The Labute approximate surface area is 109 Å². The van der Waals surface area contributed by atoms with Crippen molar-refractivity contribution in [2.75, 3.05) is 12.0 Å². The highest BCUT2D eigenvalue weighted by Gasteiger charge is 2.07. The number of amides is 1. The molecule has 0 unspecified atom stereocenters. The highest BCUT2D eigenvalue weighted by Crippen LogP contribution is 2.15. The van der Waals surface area contributed by atoms with Crippen LogP contribution in [0.2, 0.25) is 0 Å². The van der Waals surface area contributed by atoms with Gasteiger partial charge in [0.15, 0.2) is 0 Å². The summed E-state index contributed by atoms with van der Waals surface area (Å²) in [4.78, 5) is 13.0. The van der Waals surface area contributed by atoms with Gasteiger partial charge in [-0.2, -0.15) is 5.10 Å². The number of nitrogens with two attached hydrogens (primary N) is 1. The molecule has 0 saturated heterocycles. The predicted molar refractivity (Wildman–Crippen MR) is 72.4 cm³/mol. The van der Waals surface area contributed by atoms with Crippen LogP contribution in [0, 0.1) is 0 Å². The molecular weight excluding hydrogens is 248 g/mol. The molecule has 0 atom stereocenters. The summed E-state index contributed by atoms with van der Waals surface area (Å²) in [5.74, 6) is 0.358. The van der Waals surface area contributed by atoms with Crippen molar-refractivity contribution in [1.82, 2.24) is 15.5 Å². The third-order valence-corrected chi connectivity index (χ3v) is 3.29. The second-order valence-electron chi connectivity index (χ2n) is 3.72. The molecule has 0 aliphatic heterocycles. The second-order valence-corrected chi connectivity index (χ2v) is 4.60. The number of hydrogen-bond donors (Lipinski definition) is 3. The number of benzene rings is 1. The number of carbonyl (C=O) groups excluding carboxylic acids is 1. The molecule has 2 aromatic rings. The summed E-state index contributed by atoms with van der Waals surface area (Å²) >= 11 is 1.64. The predicted octanol–water partition coefficient (Wildman–Crippen LogP) is 1.64. The van der Waals surface area contributed by atoms with Crippen LogP contribution in [0.1, 0.15) is 15.9 Å². The summed E-state index contributed by atoms with van der Waals surface area (Å²) in [6.07, 6.45) is 3.60. The molecule has 0 bridgehead atoms. The zero-order chi connectivity index (χ0) is 13.0. The molecule has 1 aromatic carbocycles. The van der Waals surface area contributed by atoms with Crippen molar-refractivity contribution in [3.8, 4) is 0 Å². The lowest BCUT2D eigenvalue weighted by Gasteiger charge is -2.05. The lowest BCUT2D eigenvalue weighted by atomic mass is 10.2. The largest absolute Gasteiger partial charge is 0.384 e. The number of aromatic nitrogens is 2. The first-order chi connectivity index (χ1) is 8.70. The first-order valence-electron chi connectivity index (χ1n) is 5.40. The minimum Gasteiger partial charge on any atom is -0.384 e. The number of thioether (sulfide) groups is 1. The average molecular weight is 262 g/mol. The van der Waals surface area contributed by atoms with Gasteiger partial charge in [0.25, 0.3) is 5.91 Å². The number of hydrogen-bond acceptors (Lipinski definition) is 4. The summed E-state index contributed by atoms with van der Waals surface area (Å²) < 4.78 is 0. The first-order valence-corrected chi connectivity index (χ1v) is 6.63. The molecule has 4 N–H and O–H groups in total. The quantitative estimate of drug-likeness (QED) is 0.731. The Bertz CT molecular complexity index is 535. The fourth-order valence-electron chi connectivity index (χ4n) is 1.48. The standard InChI is InChI=1S/C12H14N4OS/c1-18-10-4-2-8(3-5-10)12(17)14-6-9-7-15-16-11(9)13/h2-5,7H,6H2,1H3,(H,14,17)(H3,13,15,16). The van der Waals surface area contributed by atoms with Gasteiger partial charge >= 0.3 is 0 Å². The number of carbonyl (C=O) groups is 1. The molecular formula is C12H14N4OS. The van der Waals surface area contributed by atoms with Crippen LogP contribution in [0.3, 0.4) is 0 Å². The second kappa shape index (κ2) is 5.59. The molecule has 0 fully saturated rings. The number of anilines is 1. The van der Waals surface area contributed by atoms with E-state index in [1.807, 2.05) is 18.4 Å². The third-order valence-electron chi connectivity index (χ3n) is 2.54. The van der Waals surface area contributed by atoms with Crippen molar-refractivity contribution in [3.63, 3.8) is 0 Å². The molecule has 1 heterocycles. The summed E-state index contributed by atoms with van der Waals surface area (Å²) in [5, 5.41) is 9.21. The Kier molecular flexibility index (Phi) is 3.88. The van der Waals surface area contributed by atoms with Crippen molar-refractivity contribution in [2.45, 2.75) is 11.4 Å². The van der Waals surface area contributed by atoms with Gasteiger partial charge in [-0.25, -0.2) is 0 Å². The van der Waals surface area contributed by atoms with E-state index in [-0.39, 0.29) is 5.91 Å². The van der Waals surface area contributed by atoms with Gasteiger partial charge in [0.2, 0.25) is 0 Å². The van der Waals surface area contributed by atoms with E-state index >= 15 is 0 Å². The highest BCUT2D eigenvalue weighted by atomic mass is 32.2. The van der Waals surface area contributed by atoms with Crippen LogP contribution >= 0.6 is 11.8 Å². The van der Waals surface area contributed by atoms with E-state index in [1.165, 1.54) is 0 Å². The van der Waals surface area contributed by atoms with Gasteiger partial charge in [0.1, 0.15) is 5.82 Å². The van der Waals surface area contributed by atoms with Crippen LogP contribution in [-0.4, -0.2) is 22.4 Å². The molecule has 0 radical (unpaired) electrons. The maximum absolute atomic E-state index is 11.9. The zero-order valence-electron chi connectivity index (χ0n) is 9.93. The van der Waals surface area contributed by atoms with Crippen molar-refractivity contribution < 1.29 is 4.79 Å². The van der Waals surface area contributed by atoms with E-state index in [0.717, 1.165) is 10.5 Å². The molecule has 0 spiro atoms. The zero-order valence-corrected chi connectivity index (χ0v) is 10.8. The maximum atomic E-state index is 11.9. The minimum absolute atomic E-state index is 0.122. The van der Waals surface area contributed by atoms with E-state index in [4.69, 9.17) is 5.73 Å². The SMILES string of the molecule is CSc1ccc(C(=O)NCc2cn[nH]c2N)cc1. The number of nitrogens with one attached hydrogen (secondary N) is 2. The topological polar surface area (TPSA) is 83.8 Å². The molecule has 1 aromatic heterocycles. The lowest BCUT2D eigenvalue weighted by Crippen LogP contribution is -2.22. The van der Waals surface area contributed by atoms with Gasteiger partial charge in [-0.1, -0.05) is 0 Å². The van der Waals surface area contributed by atoms with Gasteiger partial charge in [-0.3, -0.25) is 9.89 Å². The molecule has 0 saturated carbocycles. The van der Waals surface area contributed by atoms with Gasteiger partial charge in [-0.05, 0) is 30.5 Å². The molecule has 0 aliphatic carbocycles. The average Bonchev–Trinajstić information content (AvgIpc) is 2.81. The molecule has 94 valence electrons. The van der Waals surface area contributed by atoms with Crippen LogP contribution in [0.5, 0.6) is 0 Å². The normalized spacial score (nSPS) is 10.3. The molecule has 1 amide bonds. The Morgan fingerprint density at radius 2 is 2.17 bits per heavy atom. The lowest BCUT2D eigenvalue weighted by molar-refractivity contribution is 0.0951. The van der Waals surface area contributed by atoms with Crippen LogP contribution in [0.4, 0.5) is 5.82 Å². The number of rotatable bonds is 4. The molecule has 5 nitrogen and oxygen atoms in total. The molecule has 0 aliphatic rings. The molecule has 18 heavy (non-hydrogen) atoms. The van der Waals surface area contributed by atoms with Crippen LogP contribution < -0.4 is 11.1 Å². The van der Waals surface area contributed by atoms with E-state index in [2.05, 4.69) is 15.5 Å². The minimum atomic E-state index is -0.122. The van der Waals surface area contributed by atoms with Gasteiger partial charge in [0, 0.05) is 22.6 Å². The van der Waals surface area contributed by atoms with Crippen molar-refractivity contribution >= 4 is 23.5 Å². The van der Waals surface area contributed by atoms with E-state index in [9.17, 15) is 4.79 Å². The number of nitrogen functional groups attached to an aromatic ring is 1. The van der Waals surface area contributed by atoms with Crippen LogP contribution in [0.15, 0.2) is 35.4 Å². The van der Waals surface area contributed by atoms with Crippen molar-refractivity contribution in [1.29, 1.82) is 0 Å². The number of H-pyrrole nitrogens is 1. The Morgan fingerprint density at radius 1 is 1.44 bits per heavy atom. The smallest absolute Gasteiger partial charge is 0.251 e. The Balaban J connectivity index is 1.97. The summed E-state index contributed by atoms with van der Waals surface area (Å²) in [6.45, 7) is 0.367. The fraction of sp³-hybridized carbons (Fsp3) is 0.167. The number of aromatic amines is 1. The maximum Gasteiger partial charge on any atom is 0.251 e. The Morgan fingerprint density at radius 3 is 2.72 bits per heavy atom. The van der Waals surface area contributed by atoms with Gasteiger partial charge in [0.05, 0.1) is 6.20 Å². The molecule has 6 heteroatoms. The highest BCUT2D eigenvalue weighted by molar-refractivity contribution is 7.98. The first kappa shape index (κ1) is 12.5. The molecule has 2 rings (SSSR count). The van der Waals surface area contributed by atoms with Crippen LogP contribution in [-0.2, 0) is 6.54 Å². The number of nitrogens with zero attached hydrogens (tertiary/aromatic N) is 1. The monoisotopic (exact) mass is 262 g/mol. The van der Waals surface area contributed by atoms with E-state index < -0.39 is 0 Å². The fourth-order valence-corrected chi connectivity index (χ4v) is 1.89. The summed E-state index contributed by atoms with van der Waals surface area (Å²) in [5.41, 5.74) is 7.05.